The second-order valence-electron chi connectivity index (χ2n) is 9.64. The number of carbonyl (C=O) groups excluding carboxylic acids is 1. The first-order valence-electron chi connectivity index (χ1n) is 12.3. The maximum Gasteiger partial charge on any atom is 0.244 e. The summed E-state index contributed by atoms with van der Waals surface area (Å²) in [4.78, 5) is 12.6. The monoisotopic (exact) mass is 456 g/mol. The minimum atomic E-state index is 0.0470. The van der Waals surface area contributed by atoms with E-state index in [4.69, 9.17) is 9.47 Å². The SMILES string of the molecule is CCOc1cc(/C=N\NC(=O)[C@@H]2[C@@H]3CCCC[C@@]23C)ccc1OCc1cccc2ccccc12. The zero-order chi connectivity index (χ0) is 23.5. The van der Waals surface area contributed by atoms with Gasteiger partial charge in [0.15, 0.2) is 11.5 Å². The van der Waals surface area contributed by atoms with E-state index in [1.54, 1.807) is 6.21 Å². The first-order valence-corrected chi connectivity index (χ1v) is 12.3. The predicted molar refractivity (Wildman–Crippen MR) is 135 cm³/mol. The van der Waals surface area contributed by atoms with Crippen molar-refractivity contribution in [2.24, 2.45) is 22.4 Å². The standard InChI is InChI=1S/C29H32N2O3/c1-3-33-26-17-20(18-30-31-28(32)27-24-13-6-7-16-29(24,27)2)14-15-25(26)34-19-22-11-8-10-21-9-4-5-12-23(21)22/h4-5,8-12,14-15,17-18,24,27H,3,6-7,13,16,19H2,1-2H3,(H,31,32)/b30-18-/t24-,27-,29+/m0/s1. The third kappa shape index (κ3) is 4.39. The van der Waals surface area contributed by atoms with Crippen LogP contribution in [0.4, 0.5) is 0 Å². The molecule has 2 aliphatic carbocycles. The maximum absolute atomic E-state index is 12.6. The molecule has 0 heterocycles. The number of carbonyl (C=O) groups is 1. The van der Waals surface area contributed by atoms with Gasteiger partial charge < -0.3 is 9.47 Å². The Bertz CT molecular complexity index is 1220. The lowest BCUT2D eigenvalue weighted by atomic mass is 9.90. The van der Waals surface area contributed by atoms with Crippen LogP contribution >= 0.6 is 0 Å². The number of hydrogen-bond donors (Lipinski definition) is 1. The van der Waals surface area contributed by atoms with E-state index in [1.165, 1.54) is 23.6 Å². The van der Waals surface area contributed by atoms with E-state index in [0.29, 0.717) is 30.6 Å². The average Bonchev–Trinajstić information content (AvgIpc) is 3.49. The van der Waals surface area contributed by atoms with Crippen molar-refractivity contribution in [1.29, 1.82) is 0 Å². The molecule has 0 spiro atoms. The van der Waals surface area contributed by atoms with Gasteiger partial charge in [-0.05, 0) is 71.2 Å². The highest BCUT2D eigenvalue weighted by Crippen LogP contribution is 2.66. The molecule has 2 aliphatic rings. The van der Waals surface area contributed by atoms with Crippen LogP contribution in [0.5, 0.6) is 11.5 Å². The Morgan fingerprint density at radius 1 is 1.09 bits per heavy atom. The van der Waals surface area contributed by atoms with Crippen molar-refractivity contribution in [2.75, 3.05) is 6.61 Å². The molecule has 3 aromatic rings. The molecular weight excluding hydrogens is 424 g/mol. The van der Waals surface area contributed by atoms with Gasteiger partial charge in [0.05, 0.1) is 12.8 Å². The maximum atomic E-state index is 12.6. The number of rotatable bonds is 8. The Morgan fingerprint density at radius 3 is 2.76 bits per heavy atom. The van der Waals surface area contributed by atoms with Gasteiger partial charge >= 0.3 is 0 Å². The molecule has 0 radical (unpaired) electrons. The Hall–Kier alpha value is -3.34. The highest BCUT2D eigenvalue weighted by Gasteiger charge is 2.64. The second-order valence-corrected chi connectivity index (χ2v) is 9.64. The summed E-state index contributed by atoms with van der Waals surface area (Å²) < 4.78 is 12.0. The molecule has 2 saturated carbocycles. The Morgan fingerprint density at radius 2 is 1.94 bits per heavy atom. The minimum absolute atomic E-state index is 0.0470. The highest BCUT2D eigenvalue weighted by molar-refractivity contribution is 5.87. The molecule has 3 aromatic carbocycles. The summed E-state index contributed by atoms with van der Waals surface area (Å²) in [6, 6.07) is 20.3. The summed E-state index contributed by atoms with van der Waals surface area (Å²) >= 11 is 0. The van der Waals surface area contributed by atoms with Gasteiger partial charge in [-0.15, -0.1) is 0 Å². The van der Waals surface area contributed by atoms with Crippen LogP contribution < -0.4 is 14.9 Å². The van der Waals surface area contributed by atoms with Crippen molar-refractivity contribution >= 4 is 22.9 Å². The van der Waals surface area contributed by atoms with Gasteiger partial charge in [0.1, 0.15) is 6.61 Å². The van der Waals surface area contributed by atoms with Crippen molar-refractivity contribution in [3.8, 4) is 11.5 Å². The quantitative estimate of drug-likeness (QED) is 0.329. The van der Waals surface area contributed by atoms with Crippen LogP contribution in [-0.4, -0.2) is 18.7 Å². The van der Waals surface area contributed by atoms with E-state index in [1.807, 2.05) is 37.3 Å². The fourth-order valence-electron chi connectivity index (χ4n) is 5.66. The molecule has 3 atom stereocenters. The molecule has 0 aromatic heterocycles. The first-order chi connectivity index (χ1) is 16.6. The zero-order valence-corrected chi connectivity index (χ0v) is 19.9. The number of amides is 1. The predicted octanol–water partition coefficient (Wildman–Crippen LogP) is 6.09. The van der Waals surface area contributed by atoms with Gasteiger partial charge in [0, 0.05) is 5.92 Å². The third-order valence-electron chi connectivity index (χ3n) is 7.53. The van der Waals surface area contributed by atoms with Crippen molar-refractivity contribution in [1.82, 2.24) is 5.43 Å². The molecule has 34 heavy (non-hydrogen) atoms. The van der Waals surface area contributed by atoms with Crippen molar-refractivity contribution in [3.05, 3.63) is 71.8 Å². The lowest BCUT2D eigenvalue weighted by Gasteiger charge is -2.15. The molecule has 5 rings (SSSR count). The molecule has 1 N–H and O–H groups in total. The Labute approximate surface area is 201 Å². The first kappa shape index (κ1) is 22.5. The Balaban J connectivity index is 1.24. The summed E-state index contributed by atoms with van der Waals surface area (Å²) in [5.41, 5.74) is 4.92. The fourth-order valence-corrected chi connectivity index (χ4v) is 5.66. The number of nitrogens with zero attached hydrogens (tertiary/aromatic N) is 1. The van der Waals surface area contributed by atoms with Crippen LogP contribution in [0.15, 0.2) is 65.8 Å². The number of ether oxygens (including phenoxy) is 2. The summed E-state index contributed by atoms with van der Waals surface area (Å²) in [5, 5.41) is 6.61. The van der Waals surface area contributed by atoms with E-state index in [0.717, 1.165) is 24.0 Å². The number of hydrogen-bond acceptors (Lipinski definition) is 4. The van der Waals surface area contributed by atoms with Crippen LogP contribution in [0.25, 0.3) is 10.8 Å². The largest absolute Gasteiger partial charge is 0.490 e. The molecule has 2 fully saturated rings. The number of fused-ring (bicyclic) bond motifs is 2. The number of hydrazone groups is 1. The van der Waals surface area contributed by atoms with Gasteiger partial charge in [-0.3, -0.25) is 4.79 Å². The van der Waals surface area contributed by atoms with Crippen molar-refractivity contribution in [2.45, 2.75) is 46.1 Å². The van der Waals surface area contributed by atoms with Gasteiger partial charge in [-0.2, -0.15) is 5.10 Å². The molecule has 176 valence electrons. The van der Waals surface area contributed by atoms with E-state index in [2.05, 4.69) is 47.8 Å². The normalized spacial score (nSPS) is 23.5. The summed E-state index contributed by atoms with van der Waals surface area (Å²) in [5.74, 6) is 2.03. The molecule has 5 nitrogen and oxygen atoms in total. The third-order valence-corrected chi connectivity index (χ3v) is 7.53. The van der Waals surface area contributed by atoms with Gasteiger partial charge in [0.2, 0.25) is 5.91 Å². The van der Waals surface area contributed by atoms with Gasteiger partial charge in [0.25, 0.3) is 0 Å². The summed E-state index contributed by atoms with van der Waals surface area (Å²) in [6.07, 6.45) is 6.45. The molecular formula is C29H32N2O3. The van der Waals surface area contributed by atoms with Gasteiger partial charge in [-0.1, -0.05) is 62.2 Å². The summed E-state index contributed by atoms with van der Waals surface area (Å²) in [6.45, 7) is 5.18. The minimum Gasteiger partial charge on any atom is -0.490 e. The number of nitrogens with one attached hydrogen (secondary N) is 1. The van der Waals surface area contributed by atoms with Crippen LogP contribution in [0.1, 0.15) is 50.7 Å². The van der Waals surface area contributed by atoms with Crippen molar-refractivity contribution in [3.63, 3.8) is 0 Å². The summed E-state index contributed by atoms with van der Waals surface area (Å²) in [7, 11) is 0. The lowest BCUT2D eigenvalue weighted by molar-refractivity contribution is -0.123. The van der Waals surface area contributed by atoms with Crippen LogP contribution in [-0.2, 0) is 11.4 Å². The highest BCUT2D eigenvalue weighted by atomic mass is 16.5. The molecule has 0 saturated heterocycles. The van der Waals surface area contributed by atoms with E-state index < -0.39 is 0 Å². The molecule has 0 unspecified atom stereocenters. The zero-order valence-electron chi connectivity index (χ0n) is 19.9. The average molecular weight is 457 g/mol. The van der Waals surface area contributed by atoms with Gasteiger partial charge in [-0.25, -0.2) is 5.43 Å². The second kappa shape index (κ2) is 9.49. The molecule has 1 amide bonds. The molecule has 5 heteroatoms. The van der Waals surface area contributed by atoms with Crippen molar-refractivity contribution < 1.29 is 14.3 Å². The molecule has 0 bridgehead atoms. The lowest BCUT2D eigenvalue weighted by Crippen LogP contribution is -2.22. The topological polar surface area (TPSA) is 59.9 Å². The number of benzene rings is 3. The molecule has 0 aliphatic heterocycles. The smallest absolute Gasteiger partial charge is 0.244 e. The fraction of sp³-hybridized carbons (Fsp3) is 0.379. The van der Waals surface area contributed by atoms with E-state index >= 15 is 0 Å². The van der Waals surface area contributed by atoms with Crippen LogP contribution in [0, 0.1) is 17.3 Å². The van der Waals surface area contributed by atoms with E-state index in [-0.39, 0.29) is 17.2 Å². The Kier molecular flexibility index (Phi) is 6.27. The van der Waals surface area contributed by atoms with Crippen LogP contribution in [0.2, 0.25) is 0 Å². The van der Waals surface area contributed by atoms with E-state index in [9.17, 15) is 4.79 Å². The van der Waals surface area contributed by atoms with Crippen LogP contribution in [0.3, 0.4) is 0 Å².